The average Bonchev–Trinajstić information content (AvgIpc) is 3.35. The van der Waals surface area contributed by atoms with Crippen molar-refractivity contribution < 1.29 is 0 Å². The van der Waals surface area contributed by atoms with Crippen LogP contribution in [-0.4, -0.2) is 28.3 Å². The van der Waals surface area contributed by atoms with Gasteiger partial charge >= 0.3 is 0 Å². The van der Waals surface area contributed by atoms with Crippen molar-refractivity contribution in [3.63, 3.8) is 0 Å². The second-order valence-corrected chi connectivity index (χ2v) is 8.71. The number of aromatic amines is 2. The molecule has 4 aromatic rings. The monoisotopic (exact) mass is 419 g/mol. The van der Waals surface area contributed by atoms with Crippen LogP contribution in [0.2, 0.25) is 0 Å². The number of para-hydroxylation sites is 4. The van der Waals surface area contributed by atoms with Gasteiger partial charge in [0.05, 0.1) is 22.1 Å². The standard InChI is InChI=1S/2C11H14N2.2C2H6.B/c2*1-11(2,3)10-12-8-6-4-5-7-9(8)13-10;2*1-2;/h2*4-7H,1-3H3,(H,12,13);2*1-2H3;. The lowest BCUT2D eigenvalue weighted by atomic mass is 9.96. The van der Waals surface area contributed by atoms with Crippen molar-refractivity contribution in [1.29, 1.82) is 0 Å². The third-order valence-electron chi connectivity index (χ3n) is 4.20. The van der Waals surface area contributed by atoms with Crippen LogP contribution >= 0.6 is 0 Å². The van der Waals surface area contributed by atoms with Gasteiger partial charge in [-0.2, -0.15) is 0 Å². The first-order valence-corrected chi connectivity index (χ1v) is 11.0. The van der Waals surface area contributed by atoms with E-state index in [0.717, 1.165) is 33.7 Å². The van der Waals surface area contributed by atoms with Gasteiger partial charge < -0.3 is 9.97 Å². The minimum Gasteiger partial charge on any atom is -0.342 e. The molecular weight excluding hydrogens is 379 g/mol. The molecule has 167 valence electrons. The number of benzene rings is 2. The summed E-state index contributed by atoms with van der Waals surface area (Å²) in [7, 11) is 0. The molecule has 3 radical (unpaired) electrons. The van der Waals surface area contributed by atoms with Crippen molar-refractivity contribution in [3.8, 4) is 0 Å². The Labute approximate surface area is 190 Å². The number of nitrogens with one attached hydrogen (secondary N) is 2. The molecule has 0 aliphatic carbocycles. The van der Waals surface area contributed by atoms with Gasteiger partial charge in [-0.05, 0) is 24.3 Å². The van der Waals surface area contributed by atoms with E-state index in [4.69, 9.17) is 0 Å². The fraction of sp³-hybridized carbons (Fsp3) is 0.462. The first kappa shape index (κ1) is 28.4. The number of rotatable bonds is 0. The molecular formula is C26H40BN4. The molecule has 4 nitrogen and oxygen atoms in total. The average molecular weight is 419 g/mol. The van der Waals surface area contributed by atoms with E-state index < -0.39 is 0 Å². The Balaban J connectivity index is 0.000000487. The third kappa shape index (κ3) is 7.89. The highest BCUT2D eigenvalue weighted by Gasteiger charge is 2.18. The molecule has 31 heavy (non-hydrogen) atoms. The number of imidazole rings is 2. The molecule has 0 unspecified atom stereocenters. The zero-order chi connectivity index (χ0) is 22.9. The van der Waals surface area contributed by atoms with Gasteiger partial charge in [0.25, 0.3) is 0 Å². The molecule has 5 heteroatoms. The molecule has 0 spiro atoms. The summed E-state index contributed by atoms with van der Waals surface area (Å²) in [5.41, 5.74) is 4.53. The maximum Gasteiger partial charge on any atom is 0.112 e. The number of fused-ring (bicyclic) bond motifs is 2. The number of hydrogen-bond donors (Lipinski definition) is 2. The highest BCUT2D eigenvalue weighted by Crippen LogP contribution is 2.22. The highest BCUT2D eigenvalue weighted by atomic mass is 14.9. The SMILES string of the molecule is CC.CC.CC(C)(C)c1nc2ccccc2[nH]1.CC(C)(C)c1nc2ccccc2[nH]1.[B]. The zero-order valence-electron chi connectivity index (χ0n) is 21.1. The van der Waals surface area contributed by atoms with Crippen LogP contribution in [-0.2, 0) is 10.8 Å². The van der Waals surface area contributed by atoms with Crippen molar-refractivity contribution >= 4 is 30.5 Å². The molecule has 2 aromatic heterocycles. The van der Waals surface area contributed by atoms with Crippen molar-refractivity contribution in [2.75, 3.05) is 0 Å². The summed E-state index contributed by atoms with van der Waals surface area (Å²) in [6.45, 7) is 20.9. The van der Waals surface area contributed by atoms with Crippen LogP contribution in [0.25, 0.3) is 22.1 Å². The smallest absolute Gasteiger partial charge is 0.112 e. The van der Waals surface area contributed by atoms with E-state index in [-0.39, 0.29) is 19.2 Å². The molecule has 0 saturated carbocycles. The molecule has 0 bridgehead atoms. The Bertz CT molecular complexity index is 867. The predicted octanol–water partition coefficient (Wildman–Crippen LogP) is 7.39. The van der Waals surface area contributed by atoms with E-state index in [9.17, 15) is 0 Å². The molecule has 2 N–H and O–H groups in total. The van der Waals surface area contributed by atoms with E-state index >= 15 is 0 Å². The summed E-state index contributed by atoms with van der Waals surface area (Å²) in [6.07, 6.45) is 0. The molecule has 0 saturated heterocycles. The Kier molecular flexibility index (Phi) is 11.3. The first-order chi connectivity index (χ1) is 14.1. The van der Waals surface area contributed by atoms with Crippen LogP contribution in [0.3, 0.4) is 0 Å². The summed E-state index contributed by atoms with van der Waals surface area (Å²) < 4.78 is 0. The first-order valence-electron chi connectivity index (χ1n) is 11.0. The van der Waals surface area contributed by atoms with Crippen molar-refractivity contribution in [2.24, 2.45) is 0 Å². The quantitative estimate of drug-likeness (QED) is 0.292. The summed E-state index contributed by atoms with van der Waals surface area (Å²) in [6, 6.07) is 16.2. The second-order valence-electron chi connectivity index (χ2n) is 8.71. The lowest BCUT2D eigenvalue weighted by Gasteiger charge is -2.13. The largest absolute Gasteiger partial charge is 0.342 e. The van der Waals surface area contributed by atoms with Crippen LogP contribution in [0.4, 0.5) is 0 Å². The normalized spacial score (nSPS) is 10.6. The maximum atomic E-state index is 4.53. The Hall–Kier alpha value is -2.56. The number of H-pyrrole nitrogens is 2. The van der Waals surface area contributed by atoms with Crippen LogP contribution in [0.5, 0.6) is 0 Å². The molecule has 0 amide bonds. The van der Waals surface area contributed by atoms with Crippen LogP contribution in [0.15, 0.2) is 48.5 Å². The van der Waals surface area contributed by atoms with Crippen molar-refractivity contribution in [1.82, 2.24) is 19.9 Å². The Morgan fingerprint density at radius 2 is 0.839 bits per heavy atom. The highest BCUT2D eigenvalue weighted by molar-refractivity contribution is 5.76. The number of aromatic nitrogens is 4. The van der Waals surface area contributed by atoms with E-state index in [0.29, 0.717) is 0 Å². The fourth-order valence-corrected chi connectivity index (χ4v) is 2.62. The molecule has 2 aromatic carbocycles. The molecule has 4 rings (SSSR count). The number of hydrogen-bond acceptors (Lipinski definition) is 2. The van der Waals surface area contributed by atoms with Crippen LogP contribution in [0, 0.1) is 0 Å². The molecule has 0 fully saturated rings. The Morgan fingerprint density at radius 3 is 1.10 bits per heavy atom. The van der Waals surface area contributed by atoms with Gasteiger partial charge in [0.15, 0.2) is 0 Å². The van der Waals surface area contributed by atoms with Crippen molar-refractivity contribution in [2.45, 2.75) is 80.1 Å². The van der Waals surface area contributed by atoms with Crippen molar-refractivity contribution in [3.05, 3.63) is 60.2 Å². The van der Waals surface area contributed by atoms with Gasteiger partial charge in [-0.15, -0.1) is 0 Å². The van der Waals surface area contributed by atoms with E-state index in [1.807, 2.05) is 64.1 Å². The lowest BCUT2D eigenvalue weighted by molar-refractivity contribution is 0.554. The van der Waals surface area contributed by atoms with Crippen LogP contribution < -0.4 is 0 Å². The van der Waals surface area contributed by atoms with Crippen LogP contribution in [0.1, 0.15) is 80.9 Å². The van der Waals surface area contributed by atoms with Gasteiger partial charge in [0.2, 0.25) is 0 Å². The van der Waals surface area contributed by atoms with Gasteiger partial charge in [0.1, 0.15) is 11.6 Å². The molecule has 0 atom stereocenters. The van der Waals surface area contributed by atoms with E-state index in [1.165, 1.54) is 0 Å². The zero-order valence-corrected chi connectivity index (χ0v) is 21.1. The van der Waals surface area contributed by atoms with Gasteiger partial charge in [-0.1, -0.05) is 93.5 Å². The van der Waals surface area contributed by atoms with E-state index in [1.54, 1.807) is 0 Å². The Morgan fingerprint density at radius 1 is 0.548 bits per heavy atom. The minimum absolute atomic E-state index is 0. The molecule has 0 aliphatic rings. The predicted molar refractivity (Wildman–Crippen MR) is 138 cm³/mol. The van der Waals surface area contributed by atoms with Gasteiger partial charge in [0, 0.05) is 19.2 Å². The second kappa shape index (κ2) is 12.3. The number of nitrogens with zero attached hydrogens (tertiary/aromatic N) is 2. The molecule has 0 aliphatic heterocycles. The summed E-state index contributed by atoms with van der Waals surface area (Å²) >= 11 is 0. The van der Waals surface area contributed by atoms with Gasteiger partial charge in [-0.3, -0.25) is 0 Å². The fourth-order valence-electron chi connectivity index (χ4n) is 2.62. The summed E-state index contributed by atoms with van der Waals surface area (Å²) in [5.74, 6) is 2.10. The maximum absolute atomic E-state index is 4.53. The lowest BCUT2D eigenvalue weighted by Crippen LogP contribution is -2.12. The minimum atomic E-state index is 0. The summed E-state index contributed by atoms with van der Waals surface area (Å²) in [5, 5.41) is 0. The molecule has 2 heterocycles. The van der Waals surface area contributed by atoms with E-state index in [2.05, 4.69) is 73.6 Å². The van der Waals surface area contributed by atoms with Gasteiger partial charge in [-0.25, -0.2) is 9.97 Å². The summed E-state index contributed by atoms with van der Waals surface area (Å²) in [4.78, 5) is 15.7. The third-order valence-corrected chi connectivity index (χ3v) is 4.20. The topological polar surface area (TPSA) is 57.4 Å².